The quantitative estimate of drug-likeness (QED) is 0.809. The fraction of sp³-hybridized carbons (Fsp3) is 0.846. The Balaban J connectivity index is 2.44. The first-order chi connectivity index (χ1) is 8.30. The zero-order valence-corrected chi connectivity index (χ0v) is 11.5. The molecule has 2 amide bonds. The highest BCUT2D eigenvalue weighted by Crippen LogP contribution is 2.17. The minimum atomic E-state index is -0.830. The molecular formula is C13H24N2O3. The van der Waals surface area contributed by atoms with Crippen molar-refractivity contribution < 1.29 is 14.7 Å². The molecule has 0 spiro atoms. The number of likely N-dealkylation sites (tertiary alicyclic amines) is 1. The number of hydrogen-bond acceptors (Lipinski definition) is 2. The Labute approximate surface area is 109 Å². The summed E-state index contributed by atoms with van der Waals surface area (Å²) in [5, 5.41) is 11.6. The highest BCUT2D eigenvalue weighted by atomic mass is 16.4. The van der Waals surface area contributed by atoms with Gasteiger partial charge in [-0.1, -0.05) is 6.92 Å². The van der Waals surface area contributed by atoms with Gasteiger partial charge in [0.2, 0.25) is 0 Å². The van der Waals surface area contributed by atoms with Crippen LogP contribution in [0.4, 0.5) is 4.79 Å². The van der Waals surface area contributed by atoms with E-state index in [9.17, 15) is 9.59 Å². The SMILES string of the molecule is CC1CCCN(C(=O)NC(C)(C)CCC(=O)O)C1. The number of carbonyl (C=O) groups is 2. The summed E-state index contributed by atoms with van der Waals surface area (Å²) < 4.78 is 0. The number of amides is 2. The average Bonchev–Trinajstić information content (AvgIpc) is 2.26. The Morgan fingerprint density at radius 3 is 2.67 bits per heavy atom. The molecule has 1 unspecified atom stereocenters. The van der Waals surface area contributed by atoms with E-state index in [1.54, 1.807) is 0 Å². The van der Waals surface area contributed by atoms with Crippen LogP contribution >= 0.6 is 0 Å². The zero-order valence-electron chi connectivity index (χ0n) is 11.5. The number of aliphatic carboxylic acids is 1. The molecule has 5 heteroatoms. The highest BCUT2D eigenvalue weighted by molar-refractivity contribution is 5.75. The van der Waals surface area contributed by atoms with E-state index in [1.807, 2.05) is 18.7 Å². The minimum Gasteiger partial charge on any atom is -0.481 e. The van der Waals surface area contributed by atoms with Crippen molar-refractivity contribution in [1.29, 1.82) is 0 Å². The number of piperidine rings is 1. The van der Waals surface area contributed by atoms with E-state index in [0.717, 1.165) is 19.5 Å². The number of hydrogen-bond donors (Lipinski definition) is 2. The second-order valence-corrected chi connectivity index (χ2v) is 5.90. The monoisotopic (exact) mass is 256 g/mol. The second-order valence-electron chi connectivity index (χ2n) is 5.90. The molecule has 2 N–H and O–H groups in total. The van der Waals surface area contributed by atoms with Crippen LogP contribution in [0.1, 0.15) is 46.5 Å². The van der Waals surface area contributed by atoms with Crippen molar-refractivity contribution in [1.82, 2.24) is 10.2 Å². The van der Waals surface area contributed by atoms with E-state index in [4.69, 9.17) is 5.11 Å². The van der Waals surface area contributed by atoms with Crippen LogP contribution in [0.3, 0.4) is 0 Å². The first kappa shape index (κ1) is 14.8. The Hall–Kier alpha value is -1.26. The van der Waals surface area contributed by atoms with Crippen LogP contribution in [-0.2, 0) is 4.79 Å². The molecule has 0 aromatic carbocycles. The maximum absolute atomic E-state index is 12.1. The van der Waals surface area contributed by atoms with Crippen LogP contribution in [0, 0.1) is 5.92 Å². The van der Waals surface area contributed by atoms with Gasteiger partial charge in [-0.25, -0.2) is 4.79 Å². The molecule has 18 heavy (non-hydrogen) atoms. The predicted molar refractivity (Wildman–Crippen MR) is 69.5 cm³/mol. The van der Waals surface area contributed by atoms with Crippen molar-refractivity contribution in [2.45, 2.75) is 52.0 Å². The lowest BCUT2D eigenvalue weighted by Gasteiger charge is -2.34. The highest BCUT2D eigenvalue weighted by Gasteiger charge is 2.26. The van der Waals surface area contributed by atoms with Gasteiger partial charge in [0.05, 0.1) is 0 Å². The number of carboxylic acids is 1. The van der Waals surface area contributed by atoms with Gasteiger partial charge in [-0.15, -0.1) is 0 Å². The van der Waals surface area contributed by atoms with E-state index >= 15 is 0 Å². The van der Waals surface area contributed by atoms with Gasteiger partial charge in [0.25, 0.3) is 0 Å². The summed E-state index contributed by atoms with van der Waals surface area (Å²) in [6, 6.07) is -0.0723. The van der Waals surface area contributed by atoms with E-state index in [2.05, 4.69) is 12.2 Å². The number of nitrogens with zero attached hydrogens (tertiary/aromatic N) is 1. The predicted octanol–water partition coefficient (Wildman–Crippen LogP) is 2.07. The molecule has 0 aromatic rings. The smallest absolute Gasteiger partial charge is 0.317 e. The Kier molecular flexibility index (Phi) is 4.99. The van der Waals surface area contributed by atoms with Gasteiger partial charge in [0.15, 0.2) is 0 Å². The van der Waals surface area contributed by atoms with Crippen molar-refractivity contribution in [2.75, 3.05) is 13.1 Å². The van der Waals surface area contributed by atoms with Crippen LogP contribution < -0.4 is 5.32 Å². The van der Waals surface area contributed by atoms with Crippen molar-refractivity contribution in [3.8, 4) is 0 Å². The first-order valence-electron chi connectivity index (χ1n) is 6.59. The molecule has 0 radical (unpaired) electrons. The third kappa shape index (κ3) is 4.94. The standard InChI is InChI=1S/C13H24N2O3/c1-10-5-4-8-15(9-10)12(18)14-13(2,3)7-6-11(16)17/h10H,4-9H2,1-3H3,(H,14,18)(H,16,17). The largest absolute Gasteiger partial charge is 0.481 e. The molecular weight excluding hydrogens is 232 g/mol. The van der Waals surface area contributed by atoms with Crippen LogP contribution in [0.2, 0.25) is 0 Å². The van der Waals surface area contributed by atoms with E-state index in [-0.39, 0.29) is 12.5 Å². The van der Waals surface area contributed by atoms with Gasteiger partial charge in [-0.3, -0.25) is 4.79 Å². The van der Waals surface area contributed by atoms with Crippen molar-refractivity contribution >= 4 is 12.0 Å². The molecule has 0 aromatic heterocycles. The molecule has 1 aliphatic rings. The molecule has 0 saturated carbocycles. The van der Waals surface area contributed by atoms with Crippen LogP contribution in [0.25, 0.3) is 0 Å². The molecule has 1 atom stereocenters. The summed E-state index contributed by atoms with van der Waals surface area (Å²) in [4.78, 5) is 24.5. The summed E-state index contributed by atoms with van der Waals surface area (Å²) in [5.74, 6) is -0.282. The van der Waals surface area contributed by atoms with Gasteiger partial charge in [-0.05, 0) is 39.0 Å². The maximum atomic E-state index is 12.1. The summed E-state index contributed by atoms with van der Waals surface area (Å²) in [6.45, 7) is 7.46. The minimum absolute atomic E-state index is 0.0723. The molecule has 1 fully saturated rings. The fourth-order valence-corrected chi connectivity index (χ4v) is 2.22. The molecule has 104 valence electrons. The Morgan fingerprint density at radius 1 is 1.44 bits per heavy atom. The second kappa shape index (κ2) is 6.07. The number of urea groups is 1. The topological polar surface area (TPSA) is 69.6 Å². The summed E-state index contributed by atoms with van der Waals surface area (Å²) in [7, 11) is 0. The summed E-state index contributed by atoms with van der Waals surface area (Å²) in [5.41, 5.74) is -0.476. The molecule has 0 bridgehead atoms. The third-order valence-electron chi connectivity index (χ3n) is 3.35. The molecule has 0 aliphatic carbocycles. The summed E-state index contributed by atoms with van der Waals surface area (Å²) >= 11 is 0. The normalized spacial score (nSPS) is 20.6. The van der Waals surface area contributed by atoms with Gasteiger partial charge in [-0.2, -0.15) is 0 Å². The van der Waals surface area contributed by atoms with Crippen LogP contribution in [0.5, 0.6) is 0 Å². The molecule has 5 nitrogen and oxygen atoms in total. The van der Waals surface area contributed by atoms with Gasteiger partial charge < -0.3 is 15.3 Å². The van der Waals surface area contributed by atoms with Crippen LogP contribution in [0.15, 0.2) is 0 Å². The number of carboxylic acid groups (broad SMARTS) is 1. The van der Waals surface area contributed by atoms with Crippen molar-refractivity contribution in [2.24, 2.45) is 5.92 Å². The molecule has 1 aliphatic heterocycles. The maximum Gasteiger partial charge on any atom is 0.317 e. The van der Waals surface area contributed by atoms with Crippen molar-refractivity contribution in [3.63, 3.8) is 0 Å². The van der Waals surface area contributed by atoms with E-state index in [1.165, 1.54) is 6.42 Å². The van der Waals surface area contributed by atoms with Gasteiger partial charge in [0, 0.05) is 25.0 Å². The summed E-state index contributed by atoms with van der Waals surface area (Å²) in [6.07, 6.45) is 2.73. The Bertz CT molecular complexity index is 315. The fourth-order valence-electron chi connectivity index (χ4n) is 2.22. The molecule has 1 heterocycles. The first-order valence-corrected chi connectivity index (χ1v) is 6.59. The lowest BCUT2D eigenvalue weighted by molar-refractivity contribution is -0.137. The zero-order chi connectivity index (χ0) is 13.8. The molecule has 1 rings (SSSR count). The Morgan fingerprint density at radius 2 is 2.11 bits per heavy atom. The average molecular weight is 256 g/mol. The van der Waals surface area contributed by atoms with Gasteiger partial charge >= 0.3 is 12.0 Å². The van der Waals surface area contributed by atoms with Crippen LogP contribution in [-0.4, -0.2) is 40.6 Å². The van der Waals surface area contributed by atoms with Crippen molar-refractivity contribution in [3.05, 3.63) is 0 Å². The lowest BCUT2D eigenvalue weighted by atomic mass is 9.98. The van der Waals surface area contributed by atoms with Gasteiger partial charge in [0.1, 0.15) is 0 Å². The number of nitrogens with one attached hydrogen (secondary N) is 1. The number of carbonyl (C=O) groups excluding carboxylic acids is 1. The third-order valence-corrected chi connectivity index (χ3v) is 3.35. The lowest BCUT2D eigenvalue weighted by Crippen LogP contribution is -2.52. The van der Waals surface area contributed by atoms with E-state index in [0.29, 0.717) is 12.3 Å². The van der Waals surface area contributed by atoms with E-state index < -0.39 is 11.5 Å². The molecule has 1 saturated heterocycles. The number of rotatable bonds is 4.